The van der Waals surface area contributed by atoms with Crippen LogP contribution in [0.15, 0.2) is 24.5 Å². The number of hydrogen-bond donors (Lipinski definition) is 0. The molecular formula is C18H21N3O3. The average molecular weight is 327 g/mol. The molecule has 0 N–H and O–H groups in total. The highest BCUT2D eigenvalue weighted by Crippen LogP contribution is 2.55. The number of amides is 1. The average Bonchev–Trinajstić information content (AvgIpc) is 3.25. The Morgan fingerprint density at radius 3 is 3.04 bits per heavy atom. The Kier molecular flexibility index (Phi) is 2.95. The number of imidazole rings is 1. The Morgan fingerprint density at radius 2 is 2.29 bits per heavy atom. The zero-order chi connectivity index (χ0) is 16.3. The highest BCUT2D eigenvalue weighted by molar-refractivity contribution is 5.94. The summed E-state index contributed by atoms with van der Waals surface area (Å²) in [6, 6.07) is 3.92. The summed E-state index contributed by atoms with van der Waals surface area (Å²) in [5, 5.41) is 0. The van der Waals surface area contributed by atoms with Crippen LogP contribution < -0.4 is 4.74 Å². The van der Waals surface area contributed by atoms with Crippen LogP contribution in [-0.4, -0.2) is 53.1 Å². The molecule has 2 aliphatic heterocycles. The molecule has 0 radical (unpaired) electrons. The monoisotopic (exact) mass is 327 g/mol. The molecule has 4 heterocycles. The molecule has 0 bridgehead atoms. The van der Waals surface area contributed by atoms with E-state index in [0.29, 0.717) is 23.6 Å². The fraction of sp³-hybridized carbons (Fsp3) is 0.556. The molecule has 1 spiro atoms. The summed E-state index contributed by atoms with van der Waals surface area (Å²) in [5.41, 5.74) is 1.66. The van der Waals surface area contributed by atoms with Gasteiger partial charge in [-0.1, -0.05) is 6.42 Å². The third-order valence-corrected chi connectivity index (χ3v) is 6.27. The van der Waals surface area contributed by atoms with Crippen molar-refractivity contribution in [1.82, 2.24) is 14.3 Å². The summed E-state index contributed by atoms with van der Waals surface area (Å²) in [5.74, 6) is 1.32. The molecule has 1 aliphatic carbocycles. The second-order valence-electron chi connectivity index (χ2n) is 7.30. The van der Waals surface area contributed by atoms with Gasteiger partial charge < -0.3 is 14.4 Å². The molecule has 2 aromatic heterocycles. The van der Waals surface area contributed by atoms with E-state index in [1.807, 2.05) is 27.6 Å². The summed E-state index contributed by atoms with van der Waals surface area (Å²) in [4.78, 5) is 19.7. The van der Waals surface area contributed by atoms with Gasteiger partial charge in [-0.3, -0.25) is 9.20 Å². The number of rotatable bonds is 2. The van der Waals surface area contributed by atoms with Crippen molar-refractivity contribution in [1.29, 1.82) is 0 Å². The molecule has 0 aromatic carbocycles. The smallest absolute Gasteiger partial charge is 0.272 e. The number of carbonyl (C=O) groups excluding carboxylic acids is 1. The van der Waals surface area contributed by atoms with E-state index in [-0.39, 0.29) is 11.9 Å². The molecule has 2 saturated heterocycles. The molecule has 2 aromatic rings. The van der Waals surface area contributed by atoms with Gasteiger partial charge in [-0.2, -0.15) is 0 Å². The van der Waals surface area contributed by atoms with E-state index in [9.17, 15) is 4.79 Å². The second kappa shape index (κ2) is 4.96. The summed E-state index contributed by atoms with van der Waals surface area (Å²) in [6.07, 6.45) is 7.26. The van der Waals surface area contributed by atoms with Gasteiger partial charge in [-0.15, -0.1) is 0 Å². The molecule has 1 saturated carbocycles. The first-order chi connectivity index (χ1) is 11.7. The van der Waals surface area contributed by atoms with Crippen molar-refractivity contribution < 1.29 is 14.3 Å². The molecule has 3 aliphatic rings. The third kappa shape index (κ3) is 1.80. The van der Waals surface area contributed by atoms with Crippen molar-refractivity contribution in [3.63, 3.8) is 0 Å². The largest absolute Gasteiger partial charge is 0.497 e. The Morgan fingerprint density at radius 1 is 1.42 bits per heavy atom. The van der Waals surface area contributed by atoms with E-state index < -0.39 is 0 Å². The van der Waals surface area contributed by atoms with Gasteiger partial charge in [0.2, 0.25) is 0 Å². The van der Waals surface area contributed by atoms with E-state index >= 15 is 0 Å². The van der Waals surface area contributed by atoms with Crippen molar-refractivity contribution in [3.05, 3.63) is 30.2 Å². The van der Waals surface area contributed by atoms with Crippen molar-refractivity contribution in [2.45, 2.75) is 25.3 Å². The number of nitrogens with zero attached hydrogens (tertiary/aromatic N) is 3. The van der Waals surface area contributed by atoms with Crippen LogP contribution in [0.4, 0.5) is 0 Å². The minimum absolute atomic E-state index is 0.0666. The van der Waals surface area contributed by atoms with Gasteiger partial charge in [-0.25, -0.2) is 4.98 Å². The van der Waals surface area contributed by atoms with Crippen molar-refractivity contribution in [3.8, 4) is 5.75 Å². The van der Waals surface area contributed by atoms with Crippen molar-refractivity contribution in [2.75, 3.05) is 26.9 Å². The van der Waals surface area contributed by atoms with E-state index in [2.05, 4.69) is 4.98 Å². The first-order valence-electron chi connectivity index (χ1n) is 8.62. The van der Waals surface area contributed by atoms with E-state index in [1.54, 1.807) is 13.3 Å². The van der Waals surface area contributed by atoms with E-state index in [4.69, 9.17) is 9.47 Å². The van der Waals surface area contributed by atoms with Gasteiger partial charge in [0, 0.05) is 24.7 Å². The third-order valence-electron chi connectivity index (χ3n) is 6.27. The summed E-state index contributed by atoms with van der Waals surface area (Å²) < 4.78 is 12.8. The summed E-state index contributed by atoms with van der Waals surface area (Å²) in [7, 11) is 1.63. The normalized spacial score (nSPS) is 27.5. The Labute approximate surface area is 140 Å². The fourth-order valence-electron chi connectivity index (χ4n) is 4.79. The second-order valence-corrected chi connectivity index (χ2v) is 7.30. The lowest BCUT2D eigenvalue weighted by molar-refractivity contribution is 0.0448. The minimum Gasteiger partial charge on any atom is -0.497 e. The maximum atomic E-state index is 13.2. The van der Waals surface area contributed by atoms with Crippen LogP contribution in [0.3, 0.4) is 0 Å². The standard InChI is InChI=1S/C18H21N3O3/c1-23-12-3-6-20-14(8-19-16(20)7-12)17(22)21-11-18(4-2-5-18)13-9-24-10-15(13)21/h3,6-8,13,15H,2,4-5,9-11H2,1H3/t13-,15-/m0/s1. The molecule has 6 heteroatoms. The molecular weight excluding hydrogens is 306 g/mol. The zero-order valence-corrected chi connectivity index (χ0v) is 13.8. The first-order valence-corrected chi connectivity index (χ1v) is 8.62. The Hall–Kier alpha value is -2.08. The first kappa shape index (κ1) is 14.3. The van der Waals surface area contributed by atoms with Crippen LogP contribution in [0.1, 0.15) is 29.8 Å². The number of aromatic nitrogens is 2. The topological polar surface area (TPSA) is 56.1 Å². The van der Waals surface area contributed by atoms with Gasteiger partial charge in [0.25, 0.3) is 5.91 Å². The zero-order valence-electron chi connectivity index (χ0n) is 13.8. The molecule has 6 nitrogen and oxygen atoms in total. The van der Waals surface area contributed by atoms with E-state index in [0.717, 1.165) is 24.5 Å². The maximum Gasteiger partial charge on any atom is 0.272 e. The number of fused-ring (bicyclic) bond motifs is 3. The molecule has 5 rings (SSSR count). The van der Waals surface area contributed by atoms with Crippen molar-refractivity contribution >= 4 is 11.6 Å². The van der Waals surface area contributed by atoms with Crippen LogP contribution in [0.2, 0.25) is 0 Å². The highest BCUT2D eigenvalue weighted by atomic mass is 16.5. The number of ether oxygens (including phenoxy) is 2. The van der Waals surface area contributed by atoms with Gasteiger partial charge in [-0.05, 0) is 24.3 Å². The number of likely N-dealkylation sites (tertiary alicyclic amines) is 1. The van der Waals surface area contributed by atoms with Crippen LogP contribution in [-0.2, 0) is 4.74 Å². The number of hydrogen-bond acceptors (Lipinski definition) is 4. The lowest BCUT2D eigenvalue weighted by atomic mass is 9.62. The quantitative estimate of drug-likeness (QED) is 0.846. The highest BCUT2D eigenvalue weighted by Gasteiger charge is 2.58. The predicted molar refractivity (Wildman–Crippen MR) is 87.2 cm³/mol. The number of pyridine rings is 1. The lowest BCUT2D eigenvalue weighted by Gasteiger charge is -2.41. The fourth-order valence-corrected chi connectivity index (χ4v) is 4.79. The van der Waals surface area contributed by atoms with Crippen molar-refractivity contribution in [2.24, 2.45) is 11.3 Å². The van der Waals surface area contributed by atoms with E-state index in [1.165, 1.54) is 19.3 Å². The van der Waals surface area contributed by atoms with Crippen LogP contribution in [0.25, 0.3) is 5.65 Å². The van der Waals surface area contributed by atoms with Gasteiger partial charge >= 0.3 is 0 Å². The van der Waals surface area contributed by atoms with Gasteiger partial charge in [0.05, 0.1) is 32.6 Å². The molecule has 0 unspecified atom stereocenters. The minimum atomic E-state index is 0.0666. The summed E-state index contributed by atoms with van der Waals surface area (Å²) in [6.45, 7) is 2.34. The van der Waals surface area contributed by atoms with Crippen LogP contribution in [0, 0.1) is 11.3 Å². The molecule has 126 valence electrons. The lowest BCUT2D eigenvalue weighted by Crippen LogP contribution is -2.40. The summed E-state index contributed by atoms with van der Waals surface area (Å²) >= 11 is 0. The SMILES string of the molecule is COc1ccn2c(C(=O)N3CC4(CCC4)[C@H]4COC[C@@H]43)cnc2c1. The number of carbonyl (C=O) groups is 1. The molecule has 24 heavy (non-hydrogen) atoms. The maximum absolute atomic E-state index is 13.2. The Bertz CT molecular complexity index is 811. The molecule has 2 atom stereocenters. The number of methoxy groups -OCH3 is 1. The van der Waals surface area contributed by atoms with Gasteiger partial charge in [0.15, 0.2) is 0 Å². The van der Waals surface area contributed by atoms with Gasteiger partial charge in [0.1, 0.15) is 17.1 Å². The molecule has 3 fully saturated rings. The van der Waals surface area contributed by atoms with Crippen LogP contribution >= 0.6 is 0 Å². The molecule has 1 amide bonds. The van der Waals surface area contributed by atoms with Crippen LogP contribution in [0.5, 0.6) is 5.75 Å². The Balaban J connectivity index is 1.50. The predicted octanol–water partition coefficient (Wildman–Crippen LogP) is 1.98.